The van der Waals surface area contributed by atoms with E-state index in [0.29, 0.717) is 11.9 Å². The maximum Gasteiger partial charge on any atom is 0.227 e. The van der Waals surface area contributed by atoms with Gasteiger partial charge in [-0.3, -0.25) is 4.79 Å². The van der Waals surface area contributed by atoms with Gasteiger partial charge in [-0.1, -0.05) is 25.0 Å². The maximum absolute atomic E-state index is 13.0. The van der Waals surface area contributed by atoms with Crippen LogP contribution in [0.15, 0.2) is 24.3 Å². The summed E-state index contributed by atoms with van der Waals surface area (Å²) >= 11 is 0. The fourth-order valence-electron chi connectivity index (χ4n) is 3.89. The molecule has 1 aliphatic carbocycles. The summed E-state index contributed by atoms with van der Waals surface area (Å²) in [6, 6.07) is 7.07. The van der Waals surface area contributed by atoms with E-state index in [9.17, 15) is 9.18 Å². The predicted octanol–water partition coefficient (Wildman–Crippen LogP) is 3.56. The van der Waals surface area contributed by atoms with Crippen molar-refractivity contribution in [3.8, 4) is 0 Å². The van der Waals surface area contributed by atoms with Crippen molar-refractivity contribution < 1.29 is 9.18 Å². The first-order chi connectivity index (χ1) is 11.2. The minimum atomic E-state index is -0.203. The summed E-state index contributed by atoms with van der Waals surface area (Å²) in [6.45, 7) is 2.60. The molecular weight excluding hydrogens is 327 g/mol. The molecule has 2 aliphatic rings. The second-order valence-electron chi connectivity index (χ2n) is 6.89. The van der Waals surface area contributed by atoms with Crippen LogP contribution in [0.3, 0.4) is 0 Å². The highest BCUT2D eigenvalue weighted by Gasteiger charge is 2.31. The number of halogens is 2. The molecule has 5 heteroatoms. The molecule has 1 unspecified atom stereocenters. The highest BCUT2D eigenvalue weighted by molar-refractivity contribution is 5.85. The number of nitrogens with one attached hydrogen (secondary N) is 1. The van der Waals surface area contributed by atoms with Gasteiger partial charge in [0, 0.05) is 19.1 Å². The number of carbonyl (C=O) groups is 1. The van der Waals surface area contributed by atoms with Gasteiger partial charge in [-0.25, -0.2) is 4.39 Å². The predicted molar refractivity (Wildman–Crippen MR) is 96.9 cm³/mol. The van der Waals surface area contributed by atoms with E-state index in [-0.39, 0.29) is 24.1 Å². The molecule has 1 aromatic carbocycles. The number of piperidine rings is 1. The van der Waals surface area contributed by atoms with Gasteiger partial charge in [0.1, 0.15) is 5.82 Å². The monoisotopic (exact) mass is 354 g/mol. The molecule has 1 aromatic rings. The third-order valence-corrected chi connectivity index (χ3v) is 5.25. The van der Waals surface area contributed by atoms with Crippen LogP contribution in [-0.4, -0.2) is 36.5 Å². The Bertz CT molecular complexity index is 511. The van der Waals surface area contributed by atoms with Crippen molar-refractivity contribution in [2.75, 3.05) is 19.6 Å². The number of hydrogen-bond donors (Lipinski definition) is 1. The second-order valence-corrected chi connectivity index (χ2v) is 6.89. The number of amides is 1. The molecule has 3 rings (SSSR count). The third kappa shape index (κ3) is 4.93. The van der Waals surface area contributed by atoms with Gasteiger partial charge in [0.15, 0.2) is 0 Å². The lowest BCUT2D eigenvalue weighted by Gasteiger charge is -2.34. The van der Waals surface area contributed by atoms with Gasteiger partial charge in [0.05, 0.1) is 5.92 Å². The lowest BCUT2D eigenvalue weighted by Crippen LogP contribution is -2.47. The van der Waals surface area contributed by atoms with Crippen molar-refractivity contribution in [2.45, 2.75) is 51.0 Å². The number of rotatable bonds is 5. The fourth-order valence-corrected chi connectivity index (χ4v) is 3.89. The summed E-state index contributed by atoms with van der Waals surface area (Å²) < 4.78 is 13.0. The molecule has 1 saturated carbocycles. The maximum atomic E-state index is 13.0. The Morgan fingerprint density at radius 3 is 2.46 bits per heavy atom. The molecule has 1 aliphatic heterocycles. The Balaban J connectivity index is 0.00000208. The summed E-state index contributed by atoms with van der Waals surface area (Å²) in [4.78, 5) is 15.1. The summed E-state index contributed by atoms with van der Waals surface area (Å²) in [7, 11) is 0. The number of hydrogen-bond acceptors (Lipinski definition) is 2. The first-order valence-electron chi connectivity index (χ1n) is 8.99. The molecule has 24 heavy (non-hydrogen) atoms. The fraction of sp³-hybridized carbons (Fsp3) is 0.632. The molecule has 3 nitrogen and oxygen atoms in total. The van der Waals surface area contributed by atoms with Crippen LogP contribution in [0.25, 0.3) is 0 Å². The zero-order valence-corrected chi connectivity index (χ0v) is 15.0. The van der Waals surface area contributed by atoms with E-state index in [4.69, 9.17) is 0 Å². The van der Waals surface area contributed by atoms with Crippen LogP contribution in [0.1, 0.15) is 44.1 Å². The lowest BCUT2D eigenvalue weighted by molar-refractivity contribution is -0.138. The first kappa shape index (κ1) is 19.2. The first-order valence-corrected chi connectivity index (χ1v) is 8.99. The van der Waals surface area contributed by atoms with Gasteiger partial charge < -0.3 is 10.2 Å². The van der Waals surface area contributed by atoms with Gasteiger partial charge in [-0.2, -0.15) is 0 Å². The van der Waals surface area contributed by atoms with Crippen molar-refractivity contribution in [3.05, 3.63) is 35.6 Å². The lowest BCUT2D eigenvalue weighted by atomic mass is 9.96. The van der Waals surface area contributed by atoms with E-state index in [1.165, 1.54) is 25.0 Å². The standard InChI is InChI=1S/C19H27FN2O.ClH/c20-17-9-7-15(8-10-17)11-13-22(18-5-1-2-6-18)19(23)16-4-3-12-21-14-16;/h7-10,16,18,21H,1-6,11-14H2;1H. The van der Waals surface area contributed by atoms with Crippen LogP contribution in [0.5, 0.6) is 0 Å². The van der Waals surface area contributed by atoms with Crippen LogP contribution in [0.4, 0.5) is 4.39 Å². The zero-order valence-electron chi connectivity index (χ0n) is 14.2. The average Bonchev–Trinajstić information content (AvgIpc) is 3.12. The highest BCUT2D eigenvalue weighted by atomic mass is 35.5. The molecule has 0 radical (unpaired) electrons. The van der Waals surface area contributed by atoms with Crippen molar-refractivity contribution >= 4 is 18.3 Å². The molecule has 134 valence electrons. The van der Waals surface area contributed by atoms with Crippen LogP contribution in [0, 0.1) is 11.7 Å². The smallest absolute Gasteiger partial charge is 0.227 e. The van der Waals surface area contributed by atoms with Crippen LogP contribution in [-0.2, 0) is 11.2 Å². The van der Waals surface area contributed by atoms with Gasteiger partial charge in [0.25, 0.3) is 0 Å². The van der Waals surface area contributed by atoms with E-state index in [2.05, 4.69) is 10.2 Å². The van der Waals surface area contributed by atoms with Gasteiger partial charge in [-0.15, -0.1) is 12.4 Å². The number of nitrogens with zero attached hydrogens (tertiary/aromatic N) is 1. The van der Waals surface area contributed by atoms with Crippen molar-refractivity contribution in [3.63, 3.8) is 0 Å². The van der Waals surface area contributed by atoms with Crippen LogP contribution >= 0.6 is 12.4 Å². The van der Waals surface area contributed by atoms with Gasteiger partial charge >= 0.3 is 0 Å². The van der Waals surface area contributed by atoms with Crippen LogP contribution < -0.4 is 5.32 Å². The van der Waals surface area contributed by atoms with E-state index >= 15 is 0 Å². The minimum absolute atomic E-state index is 0. The molecule has 0 bridgehead atoms. The van der Waals surface area contributed by atoms with E-state index < -0.39 is 0 Å². The van der Waals surface area contributed by atoms with Crippen molar-refractivity contribution in [1.29, 1.82) is 0 Å². The Labute approximate surface area is 150 Å². The zero-order chi connectivity index (χ0) is 16.1. The highest BCUT2D eigenvalue weighted by Crippen LogP contribution is 2.26. The van der Waals surface area contributed by atoms with E-state index in [0.717, 1.165) is 57.3 Å². The SMILES string of the molecule is Cl.O=C(C1CCCNC1)N(CCc1ccc(F)cc1)C1CCCC1. The normalized spacial score (nSPS) is 21.3. The largest absolute Gasteiger partial charge is 0.339 e. The van der Waals surface area contributed by atoms with Gasteiger partial charge in [-0.05, 0) is 56.3 Å². The molecule has 1 amide bonds. The molecule has 1 heterocycles. The van der Waals surface area contributed by atoms with E-state index in [1.54, 1.807) is 0 Å². The second kappa shape index (κ2) is 9.38. The minimum Gasteiger partial charge on any atom is -0.339 e. The summed E-state index contributed by atoms with van der Waals surface area (Å²) in [5.41, 5.74) is 1.10. The van der Waals surface area contributed by atoms with Crippen LogP contribution in [0.2, 0.25) is 0 Å². The Morgan fingerprint density at radius 1 is 1.12 bits per heavy atom. The summed E-state index contributed by atoms with van der Waals surface area (Å²) in [5, 5.41) is 3.35. The summed E-state index contributed by atoms with van der Waals surface area (Å²) in [5.74, 6) is 0.259. The number of benzene rings is 1. The quantitative estimate of drug-likeness (QED) is 0.876. The van der Waals surface area contributed by atoms with Crippen molar-refractivity contribution in [2.24, 2.45) is 5.92 Å². The summed E-state index contributed by atoms with van der Waals surface area (Å²) in [6.07, 6.45) is 7.63. The Kier molecular flexibility index (Phi) is 7.50. The Morgan fingerprint density at radius 2 is 1.83 bits per heavy atom. The Hall–Kier alpha value is -1.13. The molecule has 0 aromatic heterocycles. The average molecular weight is 355 g/mol. The third-order valence-electron chi connectivity index (χ3n) is 5.25. The molecule has 1 atom stereocenters. The van der Waals surface area contributed by atoms with Gasteiger partial charge in [0.2, 0.25) is 5.91 Å². The molecule has 2 fully saturated rings. The molecule has 0 spiro atoms. The number of carbonyl (C=O) groups excluding carboxylic acids is 1. The molecular formula is C19H28ClFN2O. The molecule has 1 N–H and O–H groups in total. The van der Waals surface area contributed by atoms with E-state index in [1.807, 2.05) is 12.1 Å². The molecule has 1 saturated heterocycles. The van der Waals surface area contributed by atoms with Crippen molar-refractivity contribution in [1.82, 2.24) is 10.2 Å². The topological polar surface area (TPSA) is 32.3 Å².